The first kappa shape index (κ1) is 14.5. The van der Waals surface area contributed by atoms with Crippen molar-refractivity contribution in [2.24, 2.45) is 20.7 Å². The summed E-state index contributed by atoms with van der Waals surface area (Å²) in [6, 6.07) is 0. The molecule has 0 aromatic heterocycles. The summed E-state index contributed by atoms with van der Waals surface area (Å²) in [6.45, 7) is 0. The first-order valence-electron chi connectivity index (χ1n) is 4.30. The first-order chi connectivity index (χ1) is 9.44. The minimum atomic E-state index is -1.47. The molecule has 0 aliphatic heterocycles. The summed E-state index contributed by atoms with van der Waals surface area (Å²) in [5.41, 5.74) is -8.50. The van der Waals surface area contributed by atoms with Crippen molar-refractivity contribution in [2.45, 2.75) is 0 Å². The maximum Gasteiger partial charge on any atom is 0.332 e. The van der Waals surface area contributed by atoms with Crippen molar-refractivity contribution < 1.29 is 9.85 Å². The van der Waals surface area contributed by atoms with Crippen molar-refractivity contribution in [3.63, 3.8) is 0 Å². The fourth-order valence-electron chi connectivity index (χ4n) is 1.36. The SMILES string of the molecule is O=Nc1c(N=O)c([N+](=O)[O-])c(N=O)c(N=O)c1[N+](=O)[O-]. The lowest BCUT2D eigenvalue weighted by atomic mass is 10.1. The highest BCUT2D eigenvalue weighted by atomic mass is 16.6. The first-order valence-corrected chi connectivity index (χ1v) is 4.30. The minimum absolute atomic E-state index is 1.37. The fourth-order valence-corrected chi connectivity index (χ4v) is 1.36. The smallest absolute Gasteiger partial charge is 0.258 e. The molecule has 0 heterocycles. The Hall–Kier alpha value is -3.58. The van der Waals surface area contributed by atoms with Gasteiger partial charge in [-0.3, -0.25) is 20.2 Å². The monoisotopic (exact) mass is 284 g/mol. The molecule has 1 aromatic rings. The number of benzene rings is 1. The van der Waals surface area contributed by atoms with Crippen LogP contribution in [0.1, 0.15) is 0 Å². The number of rotatable bonds is 6. The Bertz CT molecular complexity index is 570. The van der Waals surface area contributed by atoms with Gasteiger partial charge < -0.3 is 0 Å². The van der Waals surface area contributed by atoms with E-state index in [0.29, 0.717) is 0 Å². The van der Waals surface area contributed by atoms with E-state index < -0.39 is 44.0 Å². The van der Waals surface area contributed by atoms with E-state index in [1.165, 1.54) is 0 Å². The maximum absolute atomic E-state index is 10.7. The number of nitro benzene ring substituents is 2. The van der Waals surface area contributed by atoms with E-state index in [1.54, 1.807) is 0 Å². The van der Waals surface area contributed by atoms with Gasteiger partial charge in [-0.2, -0.15) is 0 Å². The summed E-state index contributed by atoms with van der Waals surface area (Å²) in [7, 11) is 0. The van der Waals surface area contributed by atoms with Gasteiger partial charge in [0, 0.05) is 0 Å². The van der Waals surface area contributed by atoms with Gasteiger partial charge in [-0.1, -0.05) is 0 Å². The molecule has 0 aliphatic rings. The van der Waals surface area contributed by atoms with Crippen LogP contribution in [0.4, 0.5) is 34.1 Å². The largest absolute Gasteiger partial charge is 0.332 e. The van der Waals surface area contributed by atoms with Gasteiger partial charge in [0.2, 0.25) is 22.7 Å². The lowest BCUT2D eigenvalue weighted by Crippen LogP contribution is -1.95. The van der Waals surface area contributed by atoms with Crippen LogP contribution in [0.15, 0.2) is 20.7 Å². The molecule has 20 heavy (non-hydrogen) atoms. The van der Waals surface area contributed by atoms with Gasteiger partial charge in [-0.05, 0) is 20.7 Å². The van der Waals surface area contributed by atoms with Gasteiger partial charge in [0.1, 0.15) is 0 Å². The van der Waals surface area contributed by atoms with Gasteiger partial charge in [-0.25, -0.2) is 0 Å². The highest BCUT2D eigenvalue weighted by Crippen LogP contribution is 2.56. The van der Waals surface area contributed by atoms with Crippen LogP contribution in [0, 0.1) is 39.9 Å². The molecule has 0 amide bonds. The van der Waals surface area contributed by atoms with Crippen molar-refractivity contribution in [3.05, 3.63) is 39.9 Å². The van der Waals surface area contributed by atoms with Crippen molar-refractivity contribution >= 4 is 34.1 Å². The Kier molecular flexibility index (Phi) is 3.89. The predicted octanol–water partition coefficient (Wildman–Crippen LogP) is 3.09. The van der Waals surface area contributed by atoms with Crippen LogP contribution in [-0.2, 0) is 0 Å². The number of hydrogen-bond donors (Lipinski definition) is 0. The molecule has 0 unspecified atom stereocenters. The van der Waals surface area contributed by atoms with E-state index in [-0.39, 0.29) is 0 Å². The molecular weight excluding hydrogens is 284 g/mol. The molecule has 1 rings (SSSR count). The van der Waals surface area contributed by atoms with Gasteiger partial charge in [-0.15, -0.1) is 19.6 Å². The Morgan fingerprint density at radius 2 is 0.800 bits per heavy atom. The lowest BCUT2D eigenvalue weighted by Gasteiger charge is -2.02. The summed E-state index contributed by atoms with van der Waals surface area (Å²) in [5.74, 6) is 0. The molecule has 14 heteroatoms. The van der Waals surface area contributed by atoms with Crippen LogP contribution in [0.25, 0.3) is 0 Å². The molecule has 1 aromatic carbocycles. The number of hydrogen-bond acceptors (Lipinski definition) is 12. The number of nitro groups is 2. The summed E-state index contributed by atoms with van der Waals surface area (Å²) >= 11 is 0. The average molecular weight is 284 g/mol. The van der Waals surface area contributed by atoms with Crippen LogP contribution < -0.4 is 0 Å². The Labute approximate surface area is 106 Å². The van der Waals surface area contributed by atoms with Gasteiger partial charge in [0.05, 0.1) is 9.85 Å². The van der Waals surface area contributed by atoms with Crippen molar-refractivity contribution in [1.82, 2.24) is 0 Å². The van der Waals surface area contributed by atoms with E-state index in [1.807, 2.05) is 0 Å². The number of nitroso groups, excluding NO2 is 4. The average Bonchev–Trinajstić information content (AvgIpc) is 2.42. The molecule has 0 fully saturated rings. The third-order valence-corrected chi connectivity index (χ3v) is 2.08. The molecule has 0 spiro atoms. The minimum Gasteiger partial charge on any atom is -0.258 e. The van der Waals surface area contributed by atoms with Crippen molar-refractivity contribution in [3.8, 4) is 0 Å². The third-order valence-electron chi connectivity index (χ3n) is 2.08. The van der Waals surface area contributed by atoms with Gasteiger partial charge >= 0.3 is 11.4 Å². The van der Waals surface area contributed by atoms with E-state index in [2.05, 4.69) is 20.7 Å². The highest BCUT2D eigenvalue weighted by molar-refractivity contribution is 5.97. The topological polar surface area (TPSA) is 204 Å². The number of nitrogens with zero attached hydrogens (tertiary/aromatic N) is 6. The maximum atomic E-state index is 10.7. The van der Waals surface area contributed by atoms with Crippen LogP contribution >= 0.6 is 0 Å². The van der Waals surface area contributed by atoms with Crippen LogP contribution in [0.5, 0.6) is 0 Å². The van der Waals surface area contributed by atoms with E-state index in [4.69, 9.17) is 0 Å². The summed E-state index contributed by atoms with van der Waals surface area (Å²) in [4.78, 5) is 60.8. The summed E-state index contributed by atoms with van der Waals surface area (Å²) in [5, 5.41) is 29.7. The standard InChI is InChI=1S/C6N6O8/c13-7-1-2(8-14)6(12(19)20)4(10-16)3(9-15)5(1)11(17)18. The molecule has 0 atom stereocenters. The van der Waals surface area contributed by atoms with Crippen LogP contribution in [0.3, 0.4) is 0 Å². The second-order valence-electron chi connectivity index (χ2n) is 2.97. The highest BCUT2D eigenvalue weighted by Gasteiger charge is 2.40. The Morgan fingerprint density at radius 3 is 0.900 bits per heavy atom. The Balaban J connectivity index is 4.19. The van der Waals surface area contributed by atoms with E-state index >= 15 is 0 Å². The summed E-state index contributed by atoms with van der Waals surface area (Å²) in [6.07, 6.45) is 0. The molecule has 0 N–H and O–H groups in total. The van der Waals surface area contributed by atoms with Gasteiger partial charge in [0.15, 0.2) is 0 Å². The van der Waals surface area contributed by atoms with E-state index in [9.17, 15) is 39.9 Å². The predicted molar refractivity (Wildman–Crippen MR) is 61.6 cm³/mol. The molecule has 0 aliphatic carbocycles. The van der Waals surface area contributed by atoms with Crippen molar-refractivity contribution in [1.29, 1.82) is 0 Å². The molecule has 102 valence electrons. The lowest BCUT2D eigenvalue weighted by molar-refractivity contribution is -0.386. The molecule has 0 saturated heterocycles. The zero-order chi connectivity index (χ0) is 15.4. The normalized spacial score (nSPS) is 9.60. The van der Waals surface area contributed by atoms with Crippen LogP contribution in [0.2, 0.25) is 0 Å². The molecule has 0 saturated carbocycles. The van der Waals surface area contributed by atoms with E-state index in [0.717, 1.165) is 0 Å². The van der Waals surface area contributed by atoms with Gasteiger partial charge in [0.25, 0.3) is 0 Å². The molecular formula is C6N6O8. The second-order valence-corrected chi connectivity index (χ2v) is 2.97. The molecule has 14 nitrogen and oxygen atoms in total. The quantitative estimate of drug-likeness (QED) is 0.429. The second kappa shape index (κ2) is 5.38. The van der Waals surface area contributed by atoms with Crippen molar-refractivity contribution in [2.75, 3.05) is 0 Å². The summed E-state index contributed by atoms with van der Waals surface area (Å²) < 4.78 is 0. The zero-order valence-electron chi connectivity index (χ0n) is 8.95. The Morgan fingerprint density at radius 1 is 0.600 bits per heavy atom. The molecule has 0 bridgehead atoms. The van der Waals surface area contributed by atoms with Crippen LogP contribution in [-0.4, -0.2) is 9.85 Å². The third kappa shape index (κ3) is 1.96. The zero-order valence-corrected chi connectivity index (χ0v) is 8.95. The molecule has 0 radical (unpaired) electrons. The fraction of sp³-hybridized carbons (Fsp3) is 0.